The Labute approximate surface area is 120 Å². The minimum Gasteiger partial charge on any atom is -0.373 e. The molecule has 1 aliphatic rings. The maximum atomic E-state index is 12.2. The van der Waals surface area contributed by atoms with Gasteiger partial charge in [-0.3, -0.25) is 4.98 Å². The fourth-order valence-electron chi connectivity index (χ4n) is 2.27. The SMILES string of the molecule is C[C@H]1CN(S(=O)(=O)NCCc2ccccn2)C[C@H](C)O1. The molecular formula is C13H21N3O3S. The fraction of sp³-hybridized carbons (Fsp3) is 0.615. The smallest absolute Gasteiger partial charge is 0.279 e. The first-order valence-corrected chi connectivity index (χ1v) is 8.21. The van der Waals surface area contributed by atoms with Crippen LogP contribution < -0.4 is 4.72 Å². The van der Waals surface area contributed by atoms with E-state index in [1.54, 1.807) is 6.20 Å². The summed E-state index contributed by atoms with van der Waals surface area (Å²) < 4.78 is 34.0. The zero-order valence-corrected chi connectivity index (χ0v) is 12.6. The van der Waals surface area contributed by atoms with E-state index in [-0.39, 0.29) is 12.2 Å². The van der Waals surface area contributed by atoms with Crippen molar-refractivity contribution in [2.24, 2.45) is 0 Å². The van der Waals surface area contributed by atoms with Crippen LogP contribution in [-0.4, -0.2) is 49.5 Å². The lowest BCUT2D eigenvalue weighted by atomic mass is 10.3. The second kappa shape index (κ2) is 6.62. The molecule has 0 spiro atoms. The van der Waals surface area contributed by atoms with E-state index in [1.165, 1.54) is 4.31 Å². The Hall–Kier alpha value is -1.02. The molecule has 0 unspecified atom stereocenters. The number of pyridine rings is 1. The van der Waals surface area contributed by atoms with Crippen LogP contribution in [0.2, 0.25) is 0 Å². The highest BCUT2D eigenvalue weighted by Gasteiger charge is 2.30. The number of rotatable bonds is 5. The summed E-state index contributed by atoms with van der Waals surface area (Å²) in [6.07, 6.45) is 2.13. The van der Waals surface area contributed by atoms with Crippen molar-refractivity contribution in [1.82, 2.24) is 14.0 Å². The van der Waals surface area contributed by atoms with Crippen LogP contribution in [0.15, 0.2) is 24.4 Å². The normalized spacial score (nSPS) is 24.7. The number of hydrogen-bond donors (Lipinski definition) is 1. The van der Waals surface area contributed by atoms with Crippen molar-refractivity contribution < 1.29 is 13.2 Å². The summed E-state index contributed by atoms with van der Waals surface area (Å²) in [4.78, 5) is 4.17. The van der Waals surface area contributed by atoms with E-state index in [9.17, 15) is 8.42 Å². The van der Waals surface area contributed by atoms with Crippen LogP contribution in [0.25, 0.3) is 0 Å². The summed E-state index contributed by atoms with van der Waals surface area (Å²) in [5, 5.41) is 0. The van der Waals surface area contributed by atoms with Crippen LogP contribution in [0.4, 0.5) is 0 Å². The molecule has 0 aliphatic carbocycles. The van der Waals surface area contributed by atoms with E-state index in [0.29, 0.717) is 26.1 Å². The van der Waals surface area contributed by atoms with Crippen LogP contribution >= 0.6 is 0 Å². The lowest BCUT2D eigenvalue weighted by molar-refractivity contribution is -0.0443. The van der Waals surface area contributed by atoms with Crippen molar-refractivity contribution in [2.45, 2.75) is 32.5 Å². The molecule has 0 bridgehead atoms. The summed E-state index contributed by atoms with van der Waals surface area (Å²) in [7, 11) is -3.44. The van der Waals surface area contributed by atoms with E-state index in [0.717, 1.165) is 5.69 Å². The quantitative estimate of drug-likeness (QED) is 0.863. The van der Waals surface area contributed by atoms with E-state index in [4.69, 9.17) is 4.74 Å². The fourth-order valence-corrected chi connectivity index (χ4v) is 3.63. The van der Waals surface area contributed by atoms with Gasteiger partial charge in [-0.15, -0.1) is 0 Å². The monoisotopic (exact) mass is 299 g/mol. The van der Waals surface area contributed by atoms with E-state index >= 15 is 0 Å². The molecule has 7 heteroatoms. The van der Waals surface area contributed by atoms with Gasteiger partial charge in [0.05, 0.1) is 12.2 Å². The summed E-state index contributed by atoms with van der Waals surface area (Å²) >= 11 is 0. The van der Waals surface area contributed by atoms with Crippen LogP contribution in [-0.2, 0) is 21.4 Å². The largest absolute Gasteiger partial charge is 0.373 e. The van der Waals surface area contributed by atoms with Gasteiger partial charge in [0, 0.05) is 37.9 Å². The minimum absolute atomic E-state index is 0.0777. The van der Waals surface area contributed by atoms with Crippen molar-refractivity contribution in [3.63, 3.8) is 0 Å². The third kappa shape index (κ3) is 4.24. The Morgan fingerprint density at radius 2 is 2.05 bits per heavy atom. The van der Waals surface area contributed by atoms with Crippen molar-refractivity contribution in [3.05, 3.63) is 30.1 Å². The highest BCUT2D eigenvalue weighted by molar-refractivity contribution is 7.87. The molecule has 0 saturated carbocycles. The molecule has 1 aromatic rings. The molecule has 1 saturated heterocycles. The first-order chi connectivity index (χ1) is 9.47. The lowest BCUT2D eigenvalue weighted by Gasteiger charge is -2.34. The molecule has 1 aliphatic heterocycles. The van der Waals surface area contributed by atoms with E-state index < -0.39 is 10.2 Å². The van der Waals surface area contributed by atoms with Crippen molar-refractivity contribution in [3.8, 4) is 0 Å². The van der Waals surface area contributed by atoms with Crippen LogP contribution in [0, 0.1) is 0 Å². The summed E-state index contributed by atoms with van der Waals surface area (Å²) in [5.41, 5.74) is 0.874. The standard InChI is InChI=1S/C13H21N3O3S/c1-11-9-16(10-12(2)19-11)20(17,18)15-8-6-13-5-3-4-7-14-13/h3-5,7,11-12,15H,6,8-10H2,1-2H3/t11-,12-/m0/s1. The first-order valence-electron chi connectivity index (χ1n) is 6.77. The van der Waals surface area contributed by atoms with Gasteiger partial charge in [-0.05, 0) is 26.0 Å². The lowest BCUT2D eigenvalue weighted by Crippen LogP contribution is -2.52. The first kappa shape index (κ1) is 15.4. The van der Waals surface area contributed by atoms with Gasteiger partial charge < -0.3 is 4.74 Å². The van der Waals surface area contributed by atoms with Gasteiger partial charge in [0.1, 0.15) is 0 Å². The number of morpholine rings is 1. The average molecular weight is 299 g/mol. The Balaban J connectivity index is 1.87. The Morgan fingerprint density at radius 3 is 2.65 bits per heavy atom. The van der Waals surface area contributed by atoms with Crippen molar-refractivity contribution >= 4 is 10.2 Å². The van der Waals surface area contributed by atoms with E-state index in [1.807, 2.05) is 32.0 Å². The summed E-state index contributed by atoms with van der Waals surface area (Å²) in [6, 6.07) is 5.61. The molecule has 1 aromatic heterocycles. The van der Waals surface area contributed by atoms with Gasteiger partial charge in [0.2, 0.25) is 0 Å². The summed E-state index contributed by atoms with van der Waals surface area (Å²) in [6.45, 7) is 4.89. The highest BCUT2D eigenvalue weighted by Crippen LogP contribution is 2.13. The molecule has 1 fully saturated rings. The Morgan fingerprint density at radius 1 is 1.35 bits per heavy atom. The maximum Gasteiger partial charge on any atom is 0.279 e. The molecule has 2 heterocycles. The Bertz CT molecular complexity index is 511. The molecule has 20 heavy (non-hydrogen) atoms. The topological polar surface area (TPSA) is 71.5 Å². The number of nitrogens with zero attached hydrogens (tertiary/aromatic N) is 2. The zero-order chi connectivity index (χ0) is 14.6. The summed E-state index contributed by atoms with van der Waals surface area (Å²) in [5.74, 6) is 0. The maximum absolute atomic E-state index is 12.2. The molecular weight excluding hydrogens is 278 g/mol. The number of ether oxygens (including phenoxy) is 1. The van der Waals surface area contributed by atoms with Gasteiger partial charge >= 0.3 is 0 Å². The second-order valence-corrected chi connectivity index (χ2v) is 6.80. The number of hydrogen-bond acceptors (Lipinski definition) is 4. The molecule has 1 N–H and O–H groups in total. The third-order valence-electron chi connectivity index (χ3n) is 3.12. The molecule has 0 radical (unpaired) electrons. The van der Waals surface area contributed by atoms with Gasteiger partial charge in [0.25, 0.3) is 10.2 Å². The zero-order valence-electron chi connectivity index (χ0n) is 11.8. The third-order valence-corrected chi connectivity index (χ3v) is 4.66. The predicted molar refractivity (Wildman–Crippen MR) is 76.4 cm³/mol. The molecule has 2 rings (SSSR count). The molecule has 112 valence electrons. The molecule has 6 nitrogen and oxygen atoms in total. The van der Waals surface area contributed by atoms with Crippen molar-refractivity contribution in [2.75, 3.05) is 19.6 Å². The van der Waals surface area contributed by atoms with Crippen LogP contribution in [0.1, 0.15) is 19.5 Å². The van der Waals surface area contributed by atoms with Crippen LogP contribution in [0.3, 0.4) is 0 Å². The molecule has 0 aromatic carbocycles. The average Bonchev–Trinajstić information content (AvgIpc) is 2.38. The van der Waals surface area contributed by atoms with Crippen molar-refractivity contribution in [1.29, 1.82) is 0 Å². The van der Waals surface area contributed by atoms with Gasteiger partial charge in [-0.2, -0.15) is 12.7 Å². The van der Waals surface area contributed by atoms with Gasteiger partial charge in [-0.1, -0.05) is 6.07 Å². The minimum atomic E-state index is -3.44. The van der Waals surface area contributed by atoms with Gasteiger partial charge in [-0.25, -0.2) is 4.72 Å². The Kier molecular flexibility index (Phi) is 5.09. The predicted octanol–water partition coefficient (Wildman–Crippen LogP) is 0.568. The second-order valence-electron chi connectivity index (χ2n) is 5.04. The highest BCUT2D eigenvalue weighted by atomic mass is 32.2. The number of aromatic nitrogens is 1. The van der Waals surface area contributed by atoms with E-state index in [2.05, 4.69) is 9.71 Å². The van der Waals surface area contributed by atoms with Gasteiger partial charge in [0.15, 0.2) is 0 Å². The molecule has 2 atom stereocenters. The molecule has 0 amide bonds. The number of nitrogens with one attached hydrogen (secondary N) is 1. The van der Waals surface area contributed by atoms with Crippen LogP contribution in [0.5, 0.6) is 0 Å².